The molecule has 1 aromatic heterocycles. The van der Waals surface area contributed by atoms with Crippen molar-refractivity contribution in [3.8, 4) is 17.2 Å². The lowest BCUT2D eigenvalue weighted by Crippen LogP contribution is -2.26. The van der Waals surface area contributed by atoms with Crippen molar-refractivity contribution >= 4 is 11.8 Å². The first kappa shape index (κ1) is 19.9. The van der Waals surface area contributed by atoms with Gasteiger partial charge in [-0.15, -0.1) is 5.10 Å². The third-order valence-electron chi connectivity index (χ3n) is 7.13. The Kier molecular flexibility index (Phi) is 4.45. The van der Waals surface area contributed by atoms with Crippen molar-refractivity contribution in [1.82, 2.24) is 20.3 Å². The monoisotopic (exact) mass is 444 g/mol. The molecule has 2 aromatic carbocycles. The van der Waals surface area contributed by atoms with E-state index in [4.69, 9.17) is 4.74 Å². The fourth-order valence-corrected chi connectivity index (χ4v) is 5.40. The van der Waals surface area contributed by atoms with Gasteiger partial charge in [-0.1, -0.05) is 29.5 Å². The van der Waals surface area contributed by atoms with Crippen LogP contribution < -0.4 is 10.2 Å². The summed E-state index contributed by atoms with van der Waals surface area (Å²) in [5.41, 5.74) is 2.21. The molecular weight excluding hydrogens is 423 g/mol. The standard InChI is InChI=1S/C24H21FN6O2/c25-22-9-17(31-13-18(33-23(31)32)12-30-8-7-28-29-30)5-6-19(22)15-1-3-16(4-2-15)24(14-26)20-10-27-11-21(20)24/h1-9,18,20-21,27H,10-13H2/t18-,20-,21-/m0/s1. The molecule has 0 spiro atoms. The van der Waals surface area contributed by atoms with Crippen molar-refractivity contribution in [2.45, 2.75) is 18.1 Å². The molecule has 2 saturated heterocycles. The highest BCUT2D eigenvalue weighted by molar-refractivity contribution is 5.90. The molecule has 2 aliphatic heterocycles. The fraction of sp³-hybridized carbons (Fsp3) is 0.333. The maximum Gasteiger partial charge on any atom is 0.414 e. The van der Waals surface area contributed by atoms with E-state index in [1.165, 1.54) is 11.0 Å². The number of nitriles is 1. The molecule has 3 heterocycles. The molecule has 0 radical (unpaired) electrons. The van der Waals surface area contributed by atoms with E-state index in [9.17, 15) is 10.1 Å². The Balaban J connectivity index is 1.20. The van der Waals surface area contributed by atoms with Gasteiger partial charge >= 0.3 is 6.09 Å². The molecule has 0 unspecified atom stereocenters. The van der Waals surface area contributed by atoms with Crippen molar-refractivity contribution in [3.63, 3.8) is 0 Å². The van der Waals surface area contributed by atoms with Gasteiger partial charge < -0.3 is 10.1 Å². The van der Waals surface area contributed by atoms with Crippen LogP contribution in [0.15, 0.2) is 54.9 Å². The number of halogens is 1. The van der Waals surface area contributed by atoms with Crippen molar-refractivity contribution in [2.24, 2.45) is 11.8 Å². The summed E-state index contributed by atoms with van der Waals surface area (Å²) in [7, 11) is 0. The first-order valence-electron chi connectivity index (χ1n) is 10.9. The summed E-state index contributed by atoms with van der Waals surface area (Å²) in [6.07, 6.45) is 2.35. The average molecular weight is 444 g/mol. The van der Waals surface area contributed by atoms with E-state index in [1.54, 1.807) is 29.2 Å². The number of nitrogens with zero attached hydrogens (tertiary/aromatic N) is 5. The summed E-state index contributed by atoms with van der Waals surface area (Å²) < 4.78 is 22.0. The third-order valence-corrected chi connectivity index (χ3v) is 7.13. The summed E-state index contributed by atoms with van der Waals surface area (Å²) in [5.74, 6) is 0.297. The third kappa shape index (κ3) is 3.09. The minimum Gasteiger partial charge on any atom is -0.442 e. The van der Waals surface area contributed by atoms with Gasteiger partial charge in [0.1, 0.15) is 11.9 Å². The number of cyclic esters (lactones) is 1. The Morgan fingerprint density at radius 2 is 2.00 bits per heavy atom. The molecular formula is C24H21FN6O2. The second kappa shape index (κ2) is 7.39. The van der Waals surface area contributed by atoms with Crippen LogP contribution in [0.1, 0.15) is 5.56 Å². The Morgan fingerprint density at radius 3 is 2.67 bits per heavy atom. The van der Waals surface area contributed by atoms with Gasteiger partial charge in [-0.3, -0.25) is 4.90 Å². The van der Waals surface area contributed by atoms with Crippen LogP contribution in [-0.2, 0) is 16.7 Å². The van der Waals surface area contributed by atoms with Crippen LogP contribution in [0.2, 0.25) is 0 Å². The van der Waals surface area contributed by atoms with E-state index in [0.29, 0.717) is 36.2 Å². The normalized spacial score (nSPS) is 27.8. The second-order valence-corrected chi connectivity index (χ2v) is 8.84. The number of rotatable bonds is 5. The maximum absolute atomic E-state index is 15.1. The molecule has 1 N–H and O–H groups in total. The largest absolute Gasteiger partial charge is 0.442 e. The summed E-state index contributed by atoms with van der Waals surface area (Å²) in [6.45, 7) is 2.43. The average Bonchev–Trinajstić information content (AvgIpc) is 3.35. The number of nitrogens with one attached hydrogen (secondary N) is 1. The fourth-order valence-electron chi connectivity index (χ4n) is 5.40. The molecule has 8 nitrogen and oxygen atoms in total. The lowest BCUT2D eigenvalue weighted by Gasteiger charge is -2.16. The molecule has 3 atom stereocenters. The van der Waals surface area contributed by atoms with E-state index in [1.807, 2.05) is 24.3 Å². The quantitative estimate of drug-likeness (QED) is 0.650. The smallest absolute Gasteiger partial charge is 0.414 e. The zero-order valence-corrected chi connectivity index (χ0v) is 17.7. The van der Waals surface area contributed by atoms with Gasteiger partial charge in [0.05, 0.1) is 36.5 Å². The first-order chi connectivity index (χ1) is 16.1. The molecule has 9 heteroatoms. The Hall–Kier alpha value is -3.77. The molecule has 1 amide bonds. The number of amides is 1. The molecule has 0 bridgehead atoms. The predicted octanol–water partition coefficient (Wildman–Crippen LogP) is 2.72. The first-order valence-corrected chi connectivity index (χ1v) is 10.9. The number of hydrogen-bond acceptors (Lipinski definition) is 6. The van der Waals surface area contributed by atoms with Crippen LogP contribution in [0.3, 0.4) is 0 Å². The molecule has 166 valence electrons. The Bertz CT molecular complexity index is 1240. The van der Waals surface area contributed by atoms with E-state index >= 15 is 4.39 Å². The van der Waals surface area contributed by atoms with Gasteiger partial charge in [0.2, 0.25) is 0 Å². The lowest BCUT2D eigenvalue weighted by molar-refractivity contribution is 0.129. The number of benzene rings is 2. The van der Waals surface area contributed by atoms with Crippen LogP contribution in [0.25, 0.3) is 11.1 Å². The lowest BCUT2D eigenvalue weighted by atomic mass is 9.90. The number of piperidine rings is 1. The maximum atomic E-state index is 15.1. The number of hydrogen-bond donors (Lipinski definition) is 1. The Morgan fingerprint density at radius 1 is 1.21 bits per heavy atom. The minimum atomic E-state index is -0.511. The van der Waals surface area contributed by atoms with Gasteiger partial charge in [0, 0.05) is 36.7 Å². The van der Waals surface area contributed by atoms with Crippen molar-refractivity contribution in [3.05, 3.63) is 66.2 Å². The van der Waals surface area contributed by atoms with Crippen LogP contribution >= 0.6 is 0 Å². The van der Waals surface area contributed by atoms with Crippen molar-refractivity contribution in [2.75, 3.05) is 24.5 Å². The van der Waals surface area contributed by atoms with Crippen molar-refractivity contribution < 1.29 is 13.9 Å². The van der Waals surface area contributed by atoms with Crippen molar-refractivity contribution in [1.29, 1.82) is 5.26 Å². The molecule has 33 heavy (non-hydrogen) atoms. The number of anilines is 1. The number of fused-ring (bicyclic) bond motifs is 1. The van der Waals surface area contributed by atoms with E-state index in [-0.39, 0.29) is 6.10 Å². The van der Waals surface area contributed by atoms with Crippen LogP contribution in [0, 0.1) is 29.0 Å². The number of aromatic nitrogens is 3. The second-order valence-electron chi connectivity index (χ2n) is 8.84. The topological polar surface area (TPSA) is 96.1 Å². The number of ether oxygens (including phenoxy) is 1. The summed E-state index contributed by atoms with van der Waals surface area (Å²) in [6, 6.07) is 14.9. The zero-order chi connectivity index (χ0) is 22.6. The van der Waals surface area contributed by atoms with E-state index in [0.717, 1.165) is 24.2 Å². The van der Waals surface area contributed by atoms with Crippen LogP contribution in [-0.4, -0.2) is 46.8 Å². The molecule has 3 aromatic rings. The van der Waals surface area contributed by atoms with Gasteiger partial charge in [0.25, 0.3) is 0 Å². The highest BCUT2D eigenvalue weighted by Gasteiger charge is 2.68. The Labute approximate surface area is 189 Å². The molecule has 1 aliphatic carbocycles. The summed E-state index contributed by atoms with van der Waals surface area (Å²) >= 11 is 0. The minimum absolute atomic E-state index is 0.305. The zero-order valence-electron chi connectivity index (χ0n) is 17.7. The van der Waals surface area contributed by atoms with Gasteiger partial charge in [-0.2, -0.15) is 5.26 Å². The molecule has 3 fully saturated rings. The number of carbonyl (C=O) groups is 1. The summed E-state index contributed by atoms with van der Waals surface area (Å²) in [5, 5.41) is 20.8. The highest BCUT2D eigenvalue weighted by atomic mass is 19.1. The van der Waals surface area contributed by atoms with Gasteiger partial charge in [-0.05, 0) is 29.3 Å². The van der Waals surface area contributed by atoms with Crippen LogP contribution in [0.4, 0.5) is 14.9 Å². The predicted molar refractivity (Wildman–Crippen MR) is 117 cm³/mol. The van der Waals surface area contributed by atoms with Crippen LogP contribution in [0.5, 0.6) is 0 Å². The molecule has 1 saturated carbocycles. The molecule has 6 rings (SSSR count). The van der Waals surface area contributed by atoms with E-state index in [2.05, 4.69) is 21.7 Å². The highest BCUT2D eigenvalue weighted by Crippen LogP contribution is 2.61. The van der Waals surface area contributed by atoms with E-state index < -0.39 is 17.3 Å². The summed E-state index contributed by atoms with van der Waals surface area (Å²) in [4.78, 5) is 13.8. The number of carbonyl (C=O) groups excluding carboxylic acids is 1. The van der Waals surface area contributed by atoms with Gasteiger partial charge in [0.15, 0.2) is 0 Å². The van der Waals surface area contributed by atoms with Gasteiger partial charge in [-0.25, -0.2) is 13.9 Å². The molecule has 3 aliphatic rings. The SMILES string of the molecule is N#CC1(c2ccc(-c3ccc(N4C[C@H](Cn5ccnn5)OC4=O)cc3F)cc2)[C@H]2CNC[C@@H]21.